The maximum atomic E-state index is 13.7. The number of aromatic nitrogens is 2. The number of rotatable bonds is 5. The number of hydrogen-bond donors (Lipinski definition) is 2. The molecule has 4 aromatic rings. The fourth-order valence-electron chi connectivity index (χ4n) is 4.78. The molecule has 1 saturated heterocycles. The molecule has 172 valence electrons. The van der Waals surface area contributed by atoms with Crippen molar-refractivity contribution in [2.24, 2.45) is 0 Å². The Morgan fingerprint density at radius 2 is 1.76 bits per heavy atom. The van der Waals surface area contributed by atoms with Gasteiger partial charge in [0.25, 0.3) is 0 Å². The summed E-state index contributed by atoms with van der Waals surface area (Å²) < 4.78 is -0.184. The highest BCUT2D eigenvalue weighted by molar-refractivity contribution is 7.99. The fourth-order valence-corrected chi connectivity index (χ4v) is 5.62. The number of carbonyl (C=O) groups excluding carboxylic acids is 2. The first-order valence-electron chi connectivity index (χ1n) is 11.5. The number of amides is 3. The van der Waals surface area contributed by atoms with E-state index in [1.54, 1.807) is 0 Å². The van der Waals surface area contributed by atoms with E-state index in [0.29, 0.717) is 17.4 Å². The molecule has 1 aliphatic heterocycles. The minimum Gasteiger partial charge on any atom is -0.333 e. The minimum absolute atomic E-state index is 0.0762. The van der Waals surface area contributed by atoms with Gasteiger partial charge in [-0.3, -0.25) is 5.32 Å². The molecule has 0 radical (unpaired) electrons. The first kappa shape index (κ1) is 22.4. The highest BCUT2D eigenvalue weighted by Gasteiger charge is 2.52. The van der Waals surface area contributed by atoms with Gasteiger partial charge in [-0.1, -0.05) is 72.4 Å². The van der Waals surface area contributed by atoms with Crippen LogP contribution in [0.5, 0.6) is 0 Å². The molecule has 3 aromatic carbocycles. The number of para-hydroxylation sites is 3. The second-order valence-corrected chi connectivity index (χ2v) is 9.63. The Labute approximate surface area is 203 Å². The van der Waals surface area contributed by atoms with Crippen LogP contribution >= 0.6 is 11.8 Å². The van der Waals surface area contributed by atoms with E-state index in [4.69, 9.17) is 0 Å². The SMILES string of the molecule is C[C@@H]1CCC[N+]1(C(=O)CSc1nc2ccccc2[nH]1)C(=O)Nc1ccccc1-c1ccccc1. The van der Waals surface area contributed by atoms with Crippen molar-refractivity contribution in [3.63, 3.8) is 0 Å². The van der Waals surface area contributed by atoms with Gasteiger partial charge in [0, 0.05) is 18.4 Å². The molecule has 34 heavy (non-hydrogen) atoms. The van der Waals surface area contributed by atoms with E-state index >= 15 is 0 Å². The van der Waals surface area contributed by atoms with Crippen molar-refractivity contribution in [2.75, 3.05) is 17.6 Å². The number of imidazole rings is 1. The Morgan fingerprint density at radius 3 is 2.53 bits per heavy atom. The zero-order chi connectivity index (χ0) is 23.5. The smallest absolute Gasteiger partial charge is 0.333 e. The van der Waals surface area contributed by atoms with Crippen LogP contribution in [-0.4, -0.2) is 44.7 Å². The predicted octanol–water partition coefficient (Wildman–Crippen LogP) is 6.08. The number of carbonyl (C=O) groups is 2. The summed E-state index contributed by atoms with van der Waals surface area (Å²) in [5, 5.41) is 3.79. The topological polar surface area (TPSA) is 74.8 Å². The number of urea groups is 1. The lowest BCUT2D eigenvalue weighted by Gasteiger charge is -2.33. The highest BCUT2D eigenvalue weighted by Crippen LogP contribution is 2.33. The Morgan fingerprint density at radius 1 is 1.03 bits per heavy atom. The van der Waals surface area contributed by atoms with Gasteiger partial charge in [0.05, 0.1) is 23.3 Å². The average molecular weight is 472 g/mol. The molecule has 7 heteroatoms. The van der Waals surface area contributed by atoms with E-state index in [2.05, 4.69) is 15.3 Å². The maximum Gasteiger partial charge on any atom is 0.428 e. The summed E-state index contributed by atoms with van der Waals surface area (Å²) in [6.07, 6.45) is 1.69. The summed E-state index contributed by atoms with van der Waals surface area (Å²) in [6, 6.07) is 25.1. The molecular formula is C27H27N4O2S+. The van der Waals surface area contributed by atoms with E-state index in [0.717, 1.165) is 35.0 Å². The summed E-state index contributed by atoms with van der Waals surface area (Å²) in [6.45, 7) is 2.51. The minimum atomic E-state index is -0.261. The van der Waals surface area contributed by atoms with Crippen molar-refractivity contribution in [1.29, 1.82) is 0 Å². The summed E-state index contributed by atoms with van der Waals surface area (Å²) in [5.41, 5.74) is 4.47. The third kappa shape index (κ3) is 4.13. The fraction of sp³-hybridized carbons (Fsp3) is 0.222. The van der Waals surface area contributed by atoms with Gasteiger partial charge in [0.1, 0.15) is 11.8 Å². The van der Waals surface area contributed by atoms with Crippen molar-refractivity contribution in [2.45, 2.75) is 31.0 Å². The average Bonchev–Trinajstić information content (AvgIpc) is 3.47. The van der Waals surface area contributed by atoms with Crippen LogP contribution in [0.3, 0.4) is 0 Å². The summed E-state index contributed by atoms with van der Waals surface area (Å²) in [7, 11) is 0. The van der Waals surface area contributed by atoms with Crippen LogP contribution in [0.15, 0.2) is 84.0 Å². The van der Waals surface area contributed by atoms with Crippen LogP contribution in [-0.2, 0) is 4.79 Å². The molecule has 0 spiro atoms. The van der Waals surface area contributed by atoms with Crippen LogP contribution in [0.25, 0.3) is 22.2 Å². The third-order valence-corrected chi connectivity index (χ3v) is 7.50. The van der Waals surface area contributed by atoms with Crippen molar-refractivity contribution in [1.82, 2.24) is 9.97 Å². The monoisotopic (exact) mass is 471 g/mol. The number of anilines is 1. The quantitative estimate of drug-likeness (QED) is 0.273. The van der Waals surface area contributed by atoms with E-state index in [1.807, 2.05) is 85.8 Å². The van der Waals surface area contributed by atoms with Crippen LogP contribution in [0.1, 0.15) is 19.8 Å². The van der Waals surface area contributed by atoms with Crippen molar-refractivity contribution in [3.8, 4) is 11.1 Å². The molecule has 0 saturated carbocycles. The van der Waals surface area contributed by atoms with Gasteiger partial charge in [0.15, 0.2) is 5.16 Å². The number of fused-ring (bicyclic) bond motifs is 1. The number of benzene rings is 3. The molecule has 5 rings (SSSR count). The first-order chi connectivity index (χ1) is 16.6. The third-order valence-electron chi connectivity index (χ3n) is 6.65. The second kappa shape index (κ2) is 9.44. The summed E-state index contributed by atoms with van der Waals surface area (Å²) in [5.74, 6) is 0.0860. The Bertz CT molecular complexity index is 1300. The molecule has 1 aliphatic rings. The molecule has 6 nitrogen and oxygen atoms in total. The van der Waals surface area contributed by atoms with Gasteiger partial charge in [0.2, 0.25) is 0 Å². The van der Waals surface area contributed by atoms with Gasteiger partial charge in [-0.2, -0.15) is 4.48 Å². The number of H-pyrrole nitrogens is 1. The van der Waals surface area contributed by atoms with Gasteiger partial charge >= 0.3 is 11.9 Å². The number of nitrogens with zero attached hydrogens (tertiary/aromatic N) is 2. The molecule has 1 aromatic heterocycles. The number of aromatic amines is 1. The summed E-state index contributed by atoms with van der Waals surface area (Å²) in [4.78, 5) is 35.1. The number of hydrogen-bond acceptors (Lipinski definition) is 4. The zero-order valence-corrected chi connectivity index (χ0v) is 19.8. The van der Waals surface area contributed by atoms with Gasteiger partial charge in [-0.25, -0.2) is 14.6 Å². The van der Waals surface area contributed by atoms with E-state index in [9.17, 15) is 9.59 Å². The van der Waals surface area contributed by atoms with Crippen molar-refractivity contribution in [3.05, 3.63) is 78.9 Å². The lowest BCUT2D eigenvalue weighted by molar-refractivity contribution is -0.781. The molecular weight excluding hydrogens is 444 g/mol. The molecule has 1 unspecified atom stereocenters. The molecule has 2 heterocycles. The lowest BCUT2D eigenvalue weighted by Crippen LogP contribution is -2.61. The predicted molar refractivity (Wildman–Crippen MR) is 137 cm³/mol. The largest absolute Gasteiger partial charge is 0.428 e. The molecule has 2 atom stereocenters. The van der Waals surface area contributed by atoms with E-state index < -0.39 is 0 Å². The van der Waals surface area contributed by atoms with Crippen LogP contribution in [0.4, 0.5) is 10.5 Å². The molecule has 0 aliphatic carbocycles. The number of nitrogens with one attached hydrogen (secondary N) is 2. The Hall–Kier alpha value is -3.42. The standard InChI is InChI=1S/C27H26N4O2S/c1-19-10-9-17-31(19,25(32)18-34-26-28-23-15-7-8-16-24(23)29-26)27(33)30-22-14-6-5-13-21(22)20-11-3-2-4-12-20/h2-8,11-16,19H,9-10,17-18H2,1H3,(H-,28,29,30,33)/p+1/t19-,31?/m1/s1. The number of imide groups is 1. The molecule has 2 N–H and O–H groups in total. The lowest BCUT2D eigenvalue weighted by atomic mass is 10.0. The second-order valence-electron chi connectivity index (χ2n) is 8.67. The number of thioether (sulfide) groups is 1. The molecule has 3 amide bonds. The maximum absolute atomic E-state index is 13.7. The van der Waals surface area contributed by atoms with Crippen LogP contribution < -0.4 is 5.32 Å². The van der Waals surface area contributed by atoms with Crippen molar-refractivity contribution < 1.29 is 14.1 Å². The Kier molecular flexibility index (Phi) is 6.22. The Balaban J connectivity index is 1.38. The van der Waals surface area contributed by atoms with Crippen LogP contribution in [0.2, 0.25) is 0 Å². The highest BCUT2D eigenvalue weighted by atomic mass is 32.2. The van der Waals surface area contributed by atoms with Gasteiger partial charge in [-0.05, 0) is 30.7 Å². The molecule has 1 fully saturated rings. The van der Waals surface area contributed by atoms with Gasteiger partial charge in [-0.15, -0.1) is 0 Å². The summed E-state index contributed by atoms with van der Waals surface area (Å²) >= 11 is 1.35. The van der Waals surface area contributed by atoms with Gasteiger partial charge < -0.3 is 4.98 Å². The number of likely N-dealkylation sites (tertiary alicyclic amines) is 1. The van der Waals surface area contributed by atoms with E-state index in [1.165, 1.54) is 11.8 Å². The van der Waals surface area contributed by atoms with Crippen LogP contribution in [0, 0.1) is 0 Å². The molecule has 0 bridgehead atoms. The van der Waals surface area contributed by atoms with Crippen molar-refractivity contribution >= 4 is 40.4 Å². The first-order valence-corrected chi connectivity index (χ1v) is 12.5. The van der Waals surface area contributed by atoms with E-state index in [-0.39, 0.29) is 28.2 Å². The number of quaternary nitrogens is 1. The zero-order valence-electron chi connectivity index (χ0n) is 19.0. The normalized spacial score (nSPS) is 19.9.